The molecule has 0 bridgehead atoms. The van der Waals surface area contributed by atoms with Crippen LogP contribution in [0, 0.1) is 0 Å². The van der Waals surface area contributed by atoms with Crippen molar-refractivity contribution >= 4 is 12.3 Å². The van der Waals surface area contributed by atoms with Crippen LogP contribution in [-0.2, 0) is 9.59 Å². The number of amides is 2. The minimum Gasteiger partial charge on any atom is -0.353 e. The molecule has 16 heavy (non-hydrogen) atoms. The lowest BCUT2D eigenvalue weighted by Crippen LogP contribution is -2.46. The molecule has 0 atom stereocenters. The fourth-order valence-corrected chi connectivity index (χ4v) is 1.88. The molecular formula is C11H19N3O2. The summed E-state index contributed by atoms with van der Waals surface area (Å²) >= 11 is 0. The summed E-state index contributed by atoms with van der Waals surface area (Å²) in [5.41, 5.74) is 0. The highest BCUT2D eigenvalue weighted by atomic mass is 16.1. The van der Waals surface area contributed by atoms with Gasteiger partial charge >= 0.3 is 0 Å². The first-order valence-corrected chi connectivity index (χ1v) is 5.99. The fraction of sp³-hybridized carbons (Fsp3) is 0.818. The van der Waals surface area contributed by atoms with Crippen LogP contribution in [0.4, 0.5) is 0 Å². The summed E-state index contributed by atoms with van der Waals surface area (Å²) < 4.78 is 0. The van der Waals surface area contributed by atoms with E-state index in [2.05, 4.69) is 10.2 Å². The predicted molar refractivity (Wildman–Crippen MR) is 59.9 cm³/mol. The number of nitrogens with zero attached hydrogens (tertiary/aromatic N) is 2. The van der Waals surface area contributed by atoms with Crippen LogP contribution in [0.5, 0.6) is 0 Å². The van der Waals surface area contributed by atoms with E-state index in [1.165, 1.54) is 0 Å². The number of piperazine rings is 1. The molecule has 0 aromatic rings. The van der Waals surface area contributed by atoms with Gasteiger partial charge in [0.25, 0.3) is 0 Å². The van der Waals surface area contributed by atoms with Crippen molar-refractivity contribution in [2.45, 2.75) is 25.3 Å². The third-order valence-electron chi connectivity index (χ3n) is 3.15. The van der Waals surface area contributed by atoms with Crippen molar-refractivity contribution in [3.8, 4) is 0 Å². The van der Waals surface area contributed by atoms with Crippen LogP contribution in [0.25, 0.3) is 0 Å². The predicted octanol–water partition coefficient (Wildman–Crippen LogP) is -0.571. The van der Waals surface area contributed by atoms with Crippen LogP contribution in [0.1, 0.15) is 19.3 Å². The Balaban J connectivity index is 1.59. The van der Waals surface area contributed by atoms with Crippen LogP contribution in [0.15, 0.2) is 0 Å². The highest BCUT2D eigenvalue weighted by Gasteiger charge is 2.23. The summed E-state index contributed by atoms with van der Waals surface area (Å²) in [6.45, 7) is 4.15. The number of nitrogens with one attached hydrogen (secondary N) is 1. The third kappa shape index (κ3) is 3.48. The molecule has 0 unspecified atom stereocenters. The summed E-state index contributed by atoms with van der Waals surface area (Å²) in [5.74, 6) is 0.167. The van der Waals surface area contributed by atoms with Gasteiger partial charge in [-0.25, -0.2) is 0 Å². The summed E-state index contributed by atoms with van der Waals surface area (Å²) in [6, 6.07) is 0.458. The smallest absolute Gasteiger partial charge is 0.221 e. The Bertz CT molecular complexity index is 258. The number of hydrogen-bond donors (Lipinski definition) is 1. The number of carbonyl (C=O) groups is 2. The molecule has 5 heteroatoms. The van der Waals surface area contributed by atoms with E-state index in [-0.39, 0.29) is 5.91 Å². The molecular weight excluding hydrogens is 206 g/mol. The standard InChI is InChI=1S/C11H19N3O2/c15-9-14-7-5-13(6-8-14)4-3-11(16)12-10-1-2-10/h9-10H,1-8H2,(H,12,16). The molecule has 1 aliphatic carbocycles. The van der Waals surface area contributed by atoms with Gasteiger partial charge in [-0.05, 0) is 12.8 Å². The van der Waals surface area contributed by atoms with Gasteiger partial charge in [0, 0.05) is 45.2 Å². The van der Waals surface area contributed by atoms with Crippen LogP contribution < -0.4 is 5.32 Å². The van der Waals surface area contributed by atoms with Gasteiger partial charge in [0.1, 0.15) is 0 Å². The normalized spacial score (nSPS) is 21.9. The maximum Gasteiger partial charge on any atom is 0.221 e. The molecule has 2 rings (SSSR count). The maximum absolute atomic E-state index is 11.5. The van der Waals surface area contributed by atoms with Crippen molar-refractivity contribution in [2.24, 2.45) is 0 Å². The van der Waals surface area contributed by atoms with Gasteiger partial charge in [0.05, 0.1) is 0 Å². The van der Waals surface area contributed by atoms with Gasteiger partial charge in [0.2, 0.25) is 12.3 Å². The number of hydrogen-bond acceptors (Lipinski definition) is 3. The SMILES string of the molecule is O=CN1CCN(CCC(=O)NC2CC2)CC1. The Morgan fingerprint density at radius 3 is 2.50 bits per heavy atom. The van der Waals surface area contributed by atoms with Gasteiger partial charge in [-0.15, -0.1) is 0 Å². The molecule has 0 aromatic heterocycles. The Kier molecular flexibility index (Phi) is 3.77. The second-order valence-electron chi connectivity index (χ2n) is 4.57. The molecule has 2 fully saturated rings. The van der Waals surface area contributed by atoms with Crippen molar-refractivity contribution in [2.75, 3.05) is 32.7 Å². The van der Waals surface area contributed by atoms with Crippen molar-refractivity contribution in [1.29, 1.82) is 0 Å². The Morgan fingerprint density at radius 2 is 1.94 bits per heavy atom. The molecule has 2 aliphatic rings. The minimum absolute atomic E-state index is 0.167. The Morgan fingerprint density at radius 1 is 1.25 bits per heavy atom. The molecule has 90 valence electrons. The highest BCUT2D eigenvalue weighted by Crippen LogP contribution is 2.18. The van der Waals surface area contributed by atoms with Crippen molar-refractivity contribution in [3.63, 3.8) is 0 Å². The summed E-state index contributed by atoms with van der Waals surface area (Å²) in [6.07, 6.45) is 3.77. The van der Waals surface area contributed by atoms with Gasteiger partial charge in [0.15, 0.2) is 0 Å². The number of carbonyl (C=O) groups excluding carboxylic acids is 2. The molecule has 2 amide bonds. The molecule has 5 nitrogen and oxygen atoms in total. The molecule has 0 spiro atoms. The van der Waals surface area contributed by atoms with E-state index in [9.17, 15) is 9.59 Å². The van der Waals surface area contributed by atoms with Gasteiger partial charge in [-0.3, -0.25) is 14.5 Å². The van der Waals surface area contributed by atoms with Crippen LogP contribution >= 0.6 is 0 Å². The lowest BCUT2D eigenvalue weighted by Gasteiger charge is -2.32. The Hall–Kier alpha value is -1.10. The van der Waals surface area contributed by atoms with Crippen molar-refractivity contribution in [3.05, 3.63) is 0 Å². The van der Waals surface area contributed by atoms with E-state index in [0.717, 1.165) is 52.0 Å². The first-order valence-electron chi connectivity index (χ1n) is 5.99. The molecule has 0 aromatic carbocycles. The zero-order chi connectivity index (χ0) is 11.4. The number of rotatable bonds is 5. The van der Waals surface area contributed by atoms with E-state index in [1.54, 1.807) is 4.90 Å². The summed E-state index contributed by atoms with van der Waals surface area (Å²) in [4.78, 5) is 26.0. The average molecular weight is 225 g/mol. The third-order valence-corrected chi connectivity index (χ3v) is 3.15. The van der Waals surface area contributed by atoms with Crippen molar-refractivity contribution in [1.82, 2.24) is 15.1 Å². The second-order valence-corrected chi connectivity index (χ2v) is 4.57. The quantitative estimate of drug-likeness (QED) is 0.637. The maximum atomic E-state index is 11.5. The van der Waals surface area contributed by atoms with Crippen molar-refractivity contribution < 1.29 is 9.59 Å². The molecule has 0 radical (unpaired) electrons. The van der Waals surface area contributed by atoms with Crippen LogP contribution in [-0.4, -0.2) is 60.9 Å². The van der Waals surface area contributed by atoms with E-state index in [4.69, 9.17) is 0 Å². The van der Waals surface area contributed by atoms with E-state index < -0.39 is 0 Å². The zero-order valence-corrected chi connectivity index (χ0v) is 9.52. The van der Waals surface area contributed by atoms with E-state index in [1.807, 2.05) is 0 Å². The van der Waals surface area contributed by atoms with E-state index >= 15 is 0 Å². The topological polar surface area (TPSA) is 52.7 Å². The summed E-state index contributed by atoms with van der Waals surface area (Å²) in [5, 5.41) is 2.98. The first-order chi connectivity index (χ1) is 7.78. The zero-order valence-electron chi connectivity index (χ0n) is 9.52. The van der Waals surface area contributed by atoms with Gasteiger partial charge in [-0.1, -0.05) is 0 Å². The Labute approximate surface area is 95.8 Å². The first kappa shape index (κ1) is 11.4. The molecule has 1 N–H and O–H groups in total. The second kappa shape index (κ2) is 5.30. The lowest BCUT2D eigenvalue weighted by atomic mass is 10.3. The van der Waals surface area contributed by atoms with E-state index in [0.29, 0.717) is 12.5 Å². The largest absolute Gasteiger partial charge is 0.353 e. The molecule has 1 saturated carbocycles. The fourth-order valence-electron chi connectivity index (χ4n) is 1.88. The minimum atomic E-state index is 0.167. The lowest BCUT2D eigenvalue weighted by molar-refractivity contribution is -0.123. The monoisotopic (exact) mass is 225 g/mol. The van der Waals surface area contributed by atoms with Crippen LogP contribution in [0.3, 0.4) is 0 Å². The highest BCUT2D eigenvalue weighted by molar-refractivity contribution is 5.76. The molecule has 1 saturated heterocycles. The van der Waals surface area contributed by atoms with Gasteiger partial charge < -0.3 is 10.2 Å². The van der Waals surface area contributed by atoms with Crippen LogP contribution in [0.2, 0.25) is 0 Å². The average Bonchev–Trinajstić information content (AvgIpc) is 3.11. The summed E-state index contributed by atoms with van der Waals surface area (Å²) in [7, 11) is 0. The molecule has 1 aliphatic heterocycles. The molecule has 1 heterocycles. The van der Waals surface area contributed by atoms with Gasteiger partial charge in [-0.2, -0.15) is 0 Å².